The molecule has 0 heterocycles. The molecule has 1 saturated carbocycles. The molecule has 108 valence electrons. The van der Waals surface area contributed by atoms with Crippen molar-refractivity contribution in [1.82, 2.24) is 4.90 Å². The van der Waals surface area contributed by atoms with E-state index in [4.69, 9.17) is 4.74 Å². The third kappa shape index (κ3) is 3.96. The standard InChI is InChI=1S/C16H33NO/c1-14(2,3)13(18-15(4,5)6)16(10-9-11-16)12-17(7)8/h13H,9-12H2,1-8H3. The van der Waals surface area contributed by atoms with E-state index in [1.54, 1.807) is 0 Å². The summed E-state index contributed by atoms with van der Waals surface area (Å²) >= 11 is 0. The van der Waals surface area contributed by atoms with Crippen LogP contribution in [-0.2, 0) is 4.74 Å². The van der Waals surface area contributed by atoms with Gasteiger partial charge in [-0.05, 0) is 53.1 Å². The molecule has 2 nitrogen and oxygen atoms in total. The fourth-order valence-corrected chi connectivity index (χ4v) is 3.34. The maximum absolute atomic E-state index is 6.48. The fraction of sp³-hybridized carbons (Fsp3) is 1.00. The summed E-state index contributed by atoms with van der Waals surface area (Å²) < 4.78 is 6.48. The van der Waals surface area contributed by atoms with E-state index in [0.717, 1.165) is 6.54 Å². The molecule has 0 bridgehead atoms. The summed E-state index contributed by atoms with van der Waals surface area (Å²) in [6.07, 6.45) is 4.31. The van der Waals surface area contributed by atoms with Gasteiger partial charge in [0.2, 0.25) is 0 Å². The molecule has 1 aliphatic rings. The maximum Gasteiger partial charge on any atom is 0.0698 e. The molecule has 1 aliphatic carbocycles. The van der Waals surface area contributed by atoms with Crippen LogP contribution < -0.4 is 0 Å². The summed E-state index contributed by atoms with van der Waals surface area (Å²) in [5.41, 5.74) is 0.492. The lowest BCUT2D eigenvalue weighted by molar-refractivity contribution is -0.189. The Labute approximate surface area is 114 Å². The SMILES string of the molecule is CN(C)CC1(C(OC(C)(C)C)C(C)(C)C)CCC1. The third-order valence-corrected chi connectivity index (χ3v) is 3.79. The van der Waals surface area contributed by atoms with Crippen LogP contribution in [0.3, 0.4) is 0 Å². The van der Waals surface area contributed by atoms with Gasteiger partial charge in [-0.25, -0.2) is 0 Å². The summed E-state index contributed by atoms with van der Waals surface area (Å²) in [5, 5.41) is 0. The summed E-state index contributed by atoms with van der Waals surface area (Å²) in [6, 6.07) is 0. The van der Waals surface area contributed by atoms with Crippen molar-refractivity contribution in [3.05, 3.63) is 0 Å². The number of hydrogen-bond donors (Lipinski definition) is 0. The molecule has 0 aromatic heterocycles. The van der Waals surface area contributed by atoms with Gasteiger partial charge in [0.05, 0.1) is 11.7 Å². The van der Waals surface area contributed by atoms with E-state index in [9.17, 15) is 0 Å². The molecule has 1 atom stereocenters. The maximum atomic E-state index is 6.48. The highest BCUT2D eigenvalue weighted by Crippen LogP contribution is 2.51. The smallest absolute Gasteiger partial charge is 0.0698 e. The van der Waals surface area contributed by atoms with Crippen molar-refractivity contribution >= 4 is 0 Å². The van der Waals surface area contributed by atoms with Gasteiger partial charge in [-0.2, -0.15) is 0 Å². The van der Waals surface area contributed by atoms with Gasteiger partial charge in [0, 0.05) is 12.0 Å². The number of rotatable bonds is 4. The fourth-order valence-electron chi connectivity index (χ4n) is 3.34. The second kappa shape index (κ2) is 5.13. The molecule has 0 aromatic rings. The molecule has 0 radical (unpaired) electrons. The van der Waals surface area contributed by atoms with Gasteiger partial charge in [0.25, 0.3) is 0 Å². The van der Waals surface area contributed by atoms with Crippen LogP contribution >= 0.6 is 0 Å². The second-order valence-electron chi connectivity index (χ2n) is 8.43. The van der Waals surface area contributed by atoms with Crippen molar-refractivity contribution in [2.75, 3.05) is 20.6 Å². The van der Waals surface area contributed by atoms with E-state index >= 15 is 0 Å². The first-order valence-corrected chi connectivity index (χ1v) is 7.29. The molecule has 1 rings (SSSR count). The van der Waals surface area contributed by atoms with Gasteiger partial charge in [-0.1, -0.05) is 27.2 Å². The Kier molecular flexibility index (Phi) is 4.55. The first-order valence-electron chi connectivity index (χ1n) is 7.29. The molecule has 0 amide bonds. The van der Waals surface area contributed by atoms with Crippen molar-refractivity contribution < 1.29 is 4.74 Å². The lowest BCUT2D eigenvalue weighted by atomic mass is 9.59. The Balaban J connectivity index is 2.94. The first-order chi connectivity index (χ1) is 7.96. The summed E-state index contributed by atoms with van der Waals surface area (Å²) in [5.74, 6) is 0. The largest absolute Gasteiger partial charge is 0.371 e. The van der Waals surface area contributed by atoms with Gasteiger partial charge in [0.15, 0.2) is 0 Å². The average Bonchev–Trinajstić information content (AvgIpc) is 2.04. The van der Waals surface area contributed by atoms with E-state index in [2.05, 4.69) is 60.5 Å². The van der Waals surface area contributed by atoms with Crippen LogP contribution in [0.1, 0.15) is 60.8 Å². The second-order valence-corrected chi connectivity index (χ2v) is 8.43. The molecule has 1 fully saturated rings. The molecule has 0 aromatic carbocycles. The Morgan fingerprint density at radius 3 is 1.78 bits per heavy atom. The van der Waals surface area contributed by atoms with Crippen LogP contribution in [0.15, 0.2) is 0 Å². The molecule has 2 heteroatoms. The number of nitrogens with zero attached hydrogens (tertiary/aromatic N) is 1. The predicted octanol–water partition coefficient (Wildman–Crippen LogP) is 3.95. The molecule has 0 N–H and O–H groups in total. The monoisotopic (exact) mass is 255 g/mol. The summed E-state index contributed by atoms with van der Waals surface area (Å²) in [6.45, 7) is 14.6. The Morgan fingerprint density at radius 1 is 1.06 bits per heavy atom. The van der Waals surface area contributed by atoms with Crippen molar-refractivity contribution in [3.8, 4) is 0 Å². The minimum atomic E-state index is -0.0626. The Hall–Kier alpha value is -0.0800. The van der Waals surface area contributed by atoms with Gasteiger partial charge in [-0.15, -0.1) is 0 Å². The molecule has 0 aliphatic heterocycles. The van der Waals surface area contributed by atoms with Gasteiger partial charge < -0.3 is 9.64 Å². The zero-order valence-electron chi connectivity index (χ0n) is 13.8. The lowest BCUT2D eigenvalue weighted by Crippen LogP contribution is -2.56. The molecular weight excluding hydrogens is 222 g/mol. The van der Waals surface area contributed by atoms with Crippen LogP contribution in [0.25, 0.3) is 0 Å². The minimum Gasteiger partial charge on any atom is -0.371 e. The van der Waals surface area contributed by atoms with Crippen LogP contribution in [0, 0.1) is 10.8 Å². The predicted molar refractivity (Wildman–Crippen MR) is 78.9 cm³/mol. The van der Waals surface area contributed by atoms with Crippen LogP contribution in [-0.4, -0.2) is 37.2 Å². The Morgan fingerprint density at radius 2 is 1.56 bits per heavy atom. The topological polar surface area (TPSA) is 12.5 Å². The Bertz CT molecular complexity index is 266. The highest BCUT2D eigenvalue weighted by atomic mass is 16.5. The molecular formula is C16H33NO. The van der Waals surface area contributed by atoms with E-state index in [-0.39, 0.29) is 11.0 Å². The first kappa shape index (κ1) is 16.0. The molecule has 1 unspecified atom stereocenters. The van der Waals surface area contributed by atoms with E-state index < -0.39 is 0 Å². The number of ether oxygens (including phenoxy) is 1. The highest BCUT2D eigenvalue weighted by Gasteiger charge is 2.50. The molecule has 0 spiro atoms. The average molecular weight is 255 g/mol. The minimum absolute atomic E-state index is 0.0626. The number of hydrogen-bond acceptors (Lipinski definition) is 2. The van der Waals surface area contributed by atoms with Crippen molar-refractivity contribution in [3.63, 3.8) is 0 Å². The van der Waals surface area contributed by atoms with E-state index in [1.807, 2.05) is 0 Å². The van der Waals surface area contributed by atoms with Crippen LogP contribution in [0.4, 0.5) is 0 Å². The zero-order chi connectivity index (χ0) is 14.2. The molecule has 0 saturated heterocycles. The zero-order valence-corrected chi connectivity index (χ0v) is 13.8. The summed E-state index contributed by atoms with van der Waals surface area (Å²) in [7, 11) is 4.35. The van der Waals surface area contributed by atoms with Gasteiger partial charge >= 0.3 is 0 Å². The molecule has 18 heavy (non-hydrogen) atoms. The van der Waals surface area contributed by atoms with Gasteiger partial charge in [-0.3, -0.25) is 0 Å². The van der Waals surface area contributed by atoms with Crippen molar-refractivity contribution in [1.29, 1.82) is 0 Å². The third-order valence-electron chi connectivity index (χ3n) is 3.79. The highest BCUT2D eigenvalue weighted by molar-refractivity contribution is 5.01. The van der Waals surface area contributed by atoms with E-state index in [1.165, 1.54) is 19.3 Å². The van der Waals surface area contributed by atoms with Gasteiger partial charge in [0.1, 0.15) is 0 Å². The van der Waals surface area contributed by atoms with Crippen molar-refractivity contribution in [2.24, 2.45) is 10.8 Å². The quantitative estimate of drug-likeness (QED) is 0.754. The van der Waals surface area contributed by atoms with Crippen LogP contribution in [0.2, 0.25) is 0 Å². The normalized spacial score (nSPS) is 21.8. The van der Waals surface area contributed by atoms with Crippen LogP contribution in [0.5, 0.6) is 0 Å². The van der Waals surface area contributed by atoms with E-state index in [0.29, 0.717) is 11.5 Å². The lowest BCUT2D eigenvalue weighted by Gasteiger charge is -2.55. The van der Waals surface area contributed by atoms with Crippen molar-refractivity contribution in [2.45, 2.75) is 72.5 Å². The summed E-state index contributed by atoms with van der Waals surface area (Å²) in [4.78, 5) is 2.32.